The monoisotopic (exact) mass is 363 g/mol. The third-order valence-electron chi connectivity index (χ3n) is 3.05. The summed E-state index contributed by atoms with van der Waals surface area (Å²) in [6, 6.07) is 12.6. The molecule has 124 valence electrons. The number of nitriles is 1. The molecule has 0 saturated heterocycles. The van der Waals surface area contributed by atoms with Crippen molar-refractivity contribution < 1.29 is 13.2 Å². The first-order chi connectivity index (χ1) is 11.3. The third-order valence-corrected chi connectivity index (χ3v) is 4.74. The quantitative estimate of drug-likeness (QED) is 0.852. The predicted molar refractivity (Wildman–Crippen MR) is 92.3 cm³/mol. The largest absolute Gasteiger partial charge is 0.325 e. The number of rotatable bonds is 5. The van der Waals surface area contributed by atoms with E-state index in [0.29, 0.717) is 11.4 Å². The van der Waals surface area contributed by atoms with Gasteiger partial charge in [0.05, 0.1) is 28.1 Å². The summed E-state index contributed by atoms with van der Waals surface area (Å²) < 4.78 is 27.2. The second kappa shape index (κ2) is 7.34. The molecule has 1 amide bonds. The van der Waals surface area contributed by atoms with Crippen LogP contribution < -0.4 is 10.0 Å². The van der Waals surface area contributed by atoms with Crippen LogP contribution in [0.2, 0.25) is 5.02 Å². The van der Waals surface area contributed by atoms with Crippen LogP contribution in [0.4, 0.5) is 11.4 Å². The van der Waals surface area contributed by atoms with E-state index in [9.17, 15) is 13.2 Å². The molecule has 0 radical (unpaired) electrons. The van der Waals surface area contributed by atoms with Gasteiger partial charge in [-0.15, -0.1) is 0 Å². The molecule has 0 aliphatic heterocycles. The summed E-state index contributed by atoms with van der Waals surface area (Å²) in [6.45, 7) is 1.33. The standard InChI is InChI=1S/C16H14ClN3O3S/c1-11(21)19-16-7-6-14(10-15(16)17)24(22,23)20-13-4-2-12(3-5-13)8-9-18/h2-7,10,20H,8H2,1H3,(H,19,21). The summed E-state index contributed by atoms with van der Waals surface area (Å²) in [5, 5.41) is 11.3. The Balaban J connectivity index is 2.22. The molecule has 0 fully saturated rings. The summed E-state index contributed by atoms with van der Waals surface area (Å²) in [5.74, 6) is -0.303. The van der Waals surface area contributed by atoms with E-state index in [-0.39, 0.29) is 22.2 Å². The van der Waals surface area contributed by atoms with E-state index in [1.807, 2.05) is 6.07 Å². The fraction of sp³-hybridized carbons (Fsp3) is 0.125. The highest BCUT2D eigenvalue weighted by atomic mass is 35.5. The molecule has 8 heteroatoms. The average molecular weight is 364 g/mol. The van der Waals surface area contributed by atoms with Gasteiger partial charge in [-0.2, -0.15) is 5.26 Å². The number of benzene rings is 2. The van der Waals surface area contributed by atoms with E-state index in [1.54, 1.807) is 24.3 Å². The van der Waals surface area contributed by atoms with Crippen molar-refractivity contribution in [3.63, 3.8) is 0 Å². The highest BCUT2D eigenvalue weighted by Crippen LogP contribution is 2.26. The number of carbonyl (C=O) groups excluding carboxylic acids is 1. The minimum absolute atomic E-state index is 0.0253. The maximum Gasteiger partial charge on any atom is 0.261 e. The topological polar surface area (TPSA) is 99.1 Å². The van der Waals surface area contributed by atoms with E-state index in [2.05, 4.69) is 10.0 Å². The van der Waals surface area contributed by atoms with Crippen molar-refractivity contribution in [1.82, 2.24) is 0 Å². The molecule has 0 saturated carbocycles. The first kappa shape index (κ1) is 17.8. The molecule has 24 heavy (non-hydrogen) atoms. The van der Waals surface area contributed by atoms with Gasteiger partial charge in [-0.05, 0) is 35.9 Å². The molecule has 6 nitrogen and oxygen atoms in total. The van der Waals surface area contributed by atoms with Crippen LogP contribution >= 0.6 is 11.6 Å². The maximum absolute atomic E-state index is 12.4. The fourth-order valence-corrected chi connectivity index (χ4v) is 3.33. The van der Waals surface area contributed by atoms with Crippen molar-refractivity contribution in [3.05, 3.63) is 53.1 Å². The highest BCUT2D eigenvalue weighted by Gasteiger charge is 2.16. The Bertz CT molecular complexity index is 903. The molecule has 2 aromatic carbocycles. The maximum atomic E-state index is 12.4. The number of hydrogen-bond acceptors (Lipinski definition) is 4. The van der Waals surface area contributed by atoms with Crippen molar-refractivity contribution >= 4 is 38.9 Å². The normalized spacial score (nSPS) is 10.7. The van der Waals surface area contributed by atoms with Gasteiger partial charge in [0, 0.05) is 12.6 Å². The van der Waals surface area contributed by atoms with Crippen LogP contribution in [0.15, 0.2) is 47.4 Å². The summed E-state index contributed by atoms with van der Waals surface area (Å²) in [4.78, 5) is 11.0. The molecule has 0 aromatic heterocycles. The zero-order valence-corrected chi connectivity index (χ0v) is 14.3. The van der Waals surface area contributed by atoms with Crippen molar-refractivity contribution in [2.45, 2.75) is 18.2 Å². The van der Waals surface area contributed by atoms with Crippen LogP contribution in [0.3, 0.4) is 0 Å². The van der Waals surface area contributed by atoms with Gasteiger partial charge in [-0.25, -0.2) is 8.42 Å². The molecular weight excluding hydrogens is 350 g/mol. The molecule has 0 aliphatic carbocycles. The zero-order chi connectivity index (χ0) is 17.7. The Hall–Kier alpha value is -2.56. The SMILES string of the molecule is CC(=O)Nc1ccc(S(=O)(=O)Nc2ccc(CC#N)cc2)cc1Cl. The molecule has 2 N–H and O–H groups in total. The van der Waals surface area contributed by atoms with E-state index in [4.69, 9.17) is 16.9 Å². The van der Waals surface area contributed by atoms with Crippen molar-refractivity contribution in [1.29, 1.82) is 5.26 Å². The lowest BCUT2D eigenvalue weighted by atomic mass is 10.1. The number of hydrogen-bond donors (Lipinski definition) is 2. The minimum Gasteiger partial charge on any atom is -0.325 e. The molecule has 0 atom stereocenters. The number of halogens is 1. The molecule has 0 aliphatic rings. The predicted octanol–water partition coefficient (Wildman–Crippen LogP) is 3.17. The second-order valence-electron chi connectivity index (χ2n) is 4.96. The summed E-state index contributed by atoms with van der Waals surface area (Å²) >= 11 is 6.00. The first-order valence-electron chi connectivity index (χ1n) is 6.87. The van der Waals surface area contributed by atoms with Crippen LogP contribution in [0, 0.1) is 11.3 Å². The molecular formula is C16H14ClN3O3S. The second-order valence-corrected chi connectivity index (χ2v) is 7.05. The van der Waals surface area contributed by atoms with Crippen LogP contribution in [0.25, 0.3) is 0 Å². The number of anilines is 2. The Morgan fingerprint density at radius 1 is 1.21 bits per heavy atom. The lowest BCUT2D eigenvalue weighted by Gasteiger charge is -2.11. The Morgan fingerprint density at radius 2 is 1.88 bits per heavy atom. The van der Waals surface area contributed by atoms with E-state index < -0.39 is 10.0 Å². The van der Waals surface area contributed by atoms with E-state index >= 15 is 0 Å². The number of nitrogens with one attached hydrogen (secondary N) is 2. The molecule has 0 spiro atoms. The highest BCUT2D eigenvalue weighted by molar-refractivity contribution is 7.92. The molecule has 2 rings (SSSR count). The van der Waals surface area contributed by atoms with Gasteiger partial charge in [-0.3, -0.25) is 9.52 Å². The molecule has 0 unspecified atom stereocenters. The van der Waals surface area contributed by atoms with Gasteiger partial charge in [0.15, 0.2) is 0 Å². The molecule has 2 aromatic rings. The van der Waals surface area contributed by atoms with Crippen LogP contribution in [0.1, 0.15) is 12.5 Å². The van der Waals surface area contributed by atoms with Crippen LogP contribution in [-0.2, 0) is 21.2 Å². The van der Waals surface area contributed by atoms with Gasteiger partial charge >= 0.3 is 0 Å². The van der Waals surface area contributed by atoms with Crippen LogP contribution in [-0.4, -0.2) is 14.3 Å². The third kappa shape index (κ3) is 4.47. The Kier molecular flexibility index (Phi) is 5.44. The van der Waals surface area contributed by atoms with Gasteiger partial charge in [0.25, 0.3) is 10.0 Å². The van der Waals surface area contributed by atoms with Gasteiger partial charge in [0.1, 0.15) is 0 Å². The van der Waals surface area contributed by atoms with Crippen molar-refractivity contribution in [3.8, 4) is 6.07 Å². The summed E-state index contributed by atoms with van der Waals surface area (Å²) in [5.41, 5.74) is 1.51. The number of nitrogens with zero attached hydrogens (tertiary/aromatic N) is 1. The fourth-order valence-electron chi connectivity index (χ4n) is 1.95. The minimum atomic E-state index is -3.82. The van der Waals surface area contributed by atoms with Crippen molar-refractivity contribution in [2.24, 2.45) is 0 Å². The van der Waals surface area contributed by atoms with Crippen molar-refractivity contribution in [2.75, 3.05) is 10.0 Å². The van der Waals surface area contributed by atoms with Gasteiger partial charge in [-0.1, -0.05) is 23.7 Å². The van der Waals surface area contributed by atoms with E-state index in [0.717, 1.165) is 5.56 Å². The number of amides is 1. The van der Waals surface area contributed by atoms with Gasteiger partial charge in [0.2, 0.25) is 5.91 Å². The summed E-state index contributed by atoms with van der Waals surface area (Å²) in [6.07, 6.45) is 0.257. The number of carbonyl (C=O) groups is 1. The molecule has 0 bridgehead atoms. The average Bonchev–Trinajstić information content (AvgIpc) is 2.51. The lowest BCUT2D eigenvalue weighted by molar-refractivity contribution is -0.114. The zero-order valence-electron chi connectivity index (χ0n) is 12.7. The van der Waals surface area contributed by atoms with Crippen LogP contribution in [0.5, 0.6) is 0 Å². The molecule has 0 heterocycles. The Morgan fingerprint density at radius 3 is 2.42 bits per heavy atom. The summed E-state index contributed by atoms with van der Waals surface area (Å²) in [7, 11) is -3.82. The first-order valence-corrected chi connectivity index (χ1v) is 8.74. The number of sulfonamides is 1. The van der Waals surface area contributed by atoms with Gasteiger partial charge < -0.3 is 5.32 Å². The lowest BCUT2D eigenvalue weighted by Crippen LogP contribution is -2.13. The Labute approximate surface area is 145 Å². The smallest absolute Gasteiger partial charge is 0.261 e. The van der Waals surface area contributed by atoms with E-state index in [1.165, 1.54) is 25.1 Å².